The molecular formula is C7H11NO2. The summed E-state index contributed by atoms with van der Waals surface area (Å²) in [5.74, 6) is 0.666. The number of cyclic esters (lactones) is 1. The lowest BCUT2D eigenvalue weighted by atomic mass is 9.89. The second-order valence-corrected chi connectivity index (χ2v) is 2.99. The maximum atomic E-state index is 10.9. The fourth-order valence-corrected chi connectivity index (χ4v) is 1.68. The number of fused-ring (bicyclic) bond motifs is 1. The fourth-order valence-electron chi connectivity index (χ4n) is 1.68. The molecular weight excluding hydrogens is 130 g/mol. The van der Waals surface area contributed by atoms with E-state index in [1.807, 2.05) is 0 Å². The number of ether oxygens (including phenoxy) is 1. The third-order valence-corrected chi connectivity index (χ3v) is 2.37. The van der Waals surface area contributed by atoms with Crippen molar-refractivity contribution in [3.8, 4) is 0 Å². The minimum atomic E-state index is -0.00259. The van der Waals surface area contributed by atoms with Crippen molar-refractivity contribution in [3.63, 3.8) is 0 Å². The summed E-state index contributed by atoms with van der Waals surface area (Å²) in [5.41, 5.74) is 0. The van der Waals surface area contributed by atoms with E-state index in [4.69, 9.17) is 4.74 Å². The molecule has 2 heterocycles. The Kier molecular flexibility index (Phi) is 1.38. The van der Waals surface area contributed by atoms with Gasteiger partial charge in [-0.3, -0.25) is 4.79 Å². The van der Waals surface area contributed by atoms with E-state index >= 15 is 0 Å². The van der Waals surface area contributed by atoms with Gasteiger partial charge in [-0.05, 0) is 13.0 Å². The zero-order valence-electron chi connectivity index (χ0n) is 5.80. The largest absolute Gasteiger partial charge is 0.465 e. The molecule has 0 aromatic heterocycles. The lowest BCUT2D eigenvalue weighted by Crippen LogP contribution is -2.37. The summed E-state index contributed by atoms with van der Waals surface area (Å²) in [5, 5.41) is 3.19. The molecule has 2 aliphatic heterocycles. The van der Waals surface area contributed by atoms with E-state index in [0.717, 1.165) is 19.5 Å². The van der Waals surface area contributed by atoms with Gasteiger partial charge in [0.05, 0.1) is 12.5 Å². The zero-order valence-corrected chi connectivity index (χ0v) is 5.80. The first kappa shape index (κ1) is 6.16. The SMILES string of the molecule is O=C1OCC2CCNCC12. The second kappa shape index (κ2) is 2.23. The van der Waals surface area contributed by atoms with Crippen LogP contribution in [0.5, 0.6) is 0 Å². The van der Waals surface area contributed by atoms with Crippen molar-refractivity contribution in [2.24, 2.45) is 11.8 Å². The van der Waals surface area contributed by atoms with Crippen LogP contribution in [0.4, 0.5) is 0 Å². The number of carbonyl (C=O) groups is 1. The van der Waals surface area contributed by atoms with Crippen LogP contribution in [0.25, 0.3) is 0 Å². The quantitative estimate of drug-likeness (QED) is 0.473. The Morgan fingerprint density at radius 1 is 1.60 bits per heavy atom. The van der Waals surface area contributed by atoms with Crippen LogP contribution >= 0.6 is 0 Å². The van der Waals surface area contributed by atoms with Crippen molar-refractivity contribution in [2.45, 2.75) is 6.42 Å². The van der Waals surface area contributed by atoms with Crippen molar-refractivity contribution < 1.29 is 9.53 Å². The molecule has 2 aliphatic rings. The van der Waals surface area contributed by atoms with Crippen LogP contribution in [0, 0.1) is 11.8 Å². The van der Waals surface area contributed by atoms with E-state index in [0.29, 0.717) is 12.5 Å². The number of hydrogen-bond acceptors (Lipinski definition) is 3. The second-order valence-electron chi connectivity index (χ2n) is 2.99. The van der Waals surface area contributed by atoms with Crippen molar-refractivity contribution in [2.75, 3.05) is 19.7 Å². The molecule has 10 heavy (non-hydrogen) atoms. The first-order chi connectivity index (χ1) is 4.88. The van der Waals surface area contributed by atoms with Crippen molar-refractivity contribution >= 4 is 5.97 Å². The van der Waals surface area contributed by atoms with Gasteiger partial charge in [0.2, 0.25) is 0 Å². The Morgan fingerprint density at radius 2 is 2.50 bits per heavy atom. The highest BCUT2D eigenvalue weighted by Crippen LogP contribution is 2.26. The van der Waals surface area contributed by atoms with Gasteiger partial charge < -0.3 is 10.1 Å². The van der Waals surface area contributed by atoms with Crippen LogP contribution < -0.4 is 5.32 Å². The third-order valence-electron chi connectivity index (χ3n) is 2.37. The minimum absolute atomic E-state index is 0.00259. The first-order valence-corrected chi connectivity index (χ1v) is 3.75. The van der Waals surface area contributed by atoms with Gasteiger partial charge in [0.1, 0.15) is 0 Å². The van der Waals surface area contributed by atoms with Crippen molar-refractivity contribution in [1.82, 2.24) is 5.32 Å². The predicted octanol–water partition coefficient (Wildman–Crippen LogP) is -0.231. The van der Waals surface area contributed by atoms with Gasteiger partial charge in [0.25, 0.3) is 0 Å². The van der Waals surface area contributed by atoms with Crippen LogP contribution in [0.3, 0.4) is 0 Å². The highest BCUT2D eigenvalue weighted by molar-refractivity contribution is 5.75. The van der Waals surface area contributed by atoms with Crippen LogP contribution in [-0.4, -0.2) is 25.7 Å². The van der Waals surface area contributed by atoms with Gasteiger partial charge in [0.15, 0.2) is 0 Å². The summed E-state index contributed by atoms with van der Waals surface area (Å²) in [7, 11) is 0. The molecule has 2 atom stereocenters. The molecule has 2 saturated heterocycles. The predicted molar refractivity (Wildman–Crippen MR) is 35.4 cm³/mol. The maximum absolute atomic E-state index is 10.9. The minimum Gasteiger partial charge on any atom is -0.465 e. The Labute approximate surface area is 59.7 Å². The molecule has 3 heteroatoms. The molecule has 2 rings (SSSR count). The fraction of sp³-hybridized carbons (Fsp3) is 0.857. The molecule has 0 saturated carbocycles. The molecule has 0 radical (unpaired) electrons. The van der Waals surface area contributed by atoms with E-state index < -0.39 is 0 Å². The summed E-state index contributed by atoms with van der Waals surface area (Å²) in [6, 6.07) is 0. The van der Waals surface area contributed by atoms with Crippen LogP contribution in [0.1, 0.15) is 6.42 Å². The Hall–Kier alpha value is -0.570. The van der Waals surface area contributed by atoms with Crippen molar-refractivity contribution in [1.29, 1.82) is 0 Å². The molecule has 0 aromatic carbocycles. The topological polar surface area (TPSA) is 38.3 Å². The van der Waals surface area contributed by atoms with Crippen LogP contribution in [0.15, 0.2) is 0 Å². The monoisotopic (exact) mass is 141 g/mol. The molecule has 0 aliphatic carbocycles. The average Bonchev–Trinajstić information content (AvgIpc) is 2.34. The van der Waals surface area contributed by atoms with Gasteiger partial charge in [-0.1, -0.05) is 0 Å². The molecule has 3 nitrogen and oxygen atoms in total. The van der Waals surface area contributed by atoms with Gasteiger partial charge in [-0.25, -0.2) is 0 Å². The van der Waals surface area contributed by atoms with Gasteiger partial charge in [0, 0.05) is 12.5 Å². The van der Waals surface area contributed by atoms with E-state index in [1.165, 1.54) is 0 Å². The lowest BCUT2D eigenvalue weighted by molar-refractivity contribution is -0.141. The van der Waals surface area contributed by atoms with Gasteiger partial charge in [-0.15, -0.1) is 0 Å². The number of esters is 1. The molecule has 0 amide bonds. The molecule has 2 fully saturated rings. The summed E-state index contributed by atoms with van der Waals surface area (Å²) in [6.07, 6.45) is 1.09. The van der Waals surface area contributed by atoms with Crippen LogP contribution in [-0.2, 0) is 9.53 Å². The molecule has 0 aromatic rings. The standard InChI is InChI=1S/C7H11NO2/c9-7-6-3-8-2-1-5(6)4-10-7/h5-6,8H,1-4H2. The Bertz CT molecular complexity index is 158. The average molecular weight is 141 g/mol. The van der Waals surface area contributed by atoms with E-state index in [2.05, 4.69) is 5.32 Å². The Balaban J connectivity index is 2.08. The number of piperidine rings is 1. The van der Waals surface area contributed by atoms with Gasteiger partial charge in [-0.2, -0.15) is 0 Å². The first-order valence-electron chi connectivity index (χ1n) is 3.75. The summed E-state index contributed by atoms with van der Waals surface area (Å²) in [6.45, 7) is 2.52. The smallest absolute Gasteiger partial charge is 0.310 e. The number of hydrogen-bond donors (Lipinski definition) is 1. The molecule has 2 unspecified atom stereocenters. The number of nitrogens with one attached hydrogen (secondary N) is 1. The number of rotatable bonds is 0. The van der Waals surface area contributed by atoms with E-state index in [1.54, 1.807) is 0 Å². The van der Waals surface area contributed by atoms with Crippen LogP contribution in [0.2, 0.25) is 0 Å². The van der Waals surface area contributed by atoms with E-state index in [-0.39, 0.29) is 11.9 Å². The summed E-state index contributed by atoms with van der Waals surface area (Å²) < 4.78 is 4.92. The number of carbonyl (C=O) groups excluding carboxylic acids is 1. The van der Waals surface area contributed by atoms with Crippen molar-refractivity contribution in [3.05, 3.63) is 0 Å². The zero-order chi connectivity index (χ0) is 6.97. The molecule has 0 spiro atoms. The highest BCUT2D eigenvalue weighted by Gasteiger charge is 2.37. The summed E-state index contributed by atoms with van der Waals surface area (Å²) >= 11 is 0. The Morgan fingerprint density at radius 3 is 3.30 bits per heavy atom. The summed E-state index contributed by atoms with van der Waals surface area (Å²) in [4.78, 5) is 10.9. The molecule has 0 bridgehead atoms. The molecule has 1 N–H and O–H groups in total. The van der Waals surface area contributed by atoms with Gasteiger partial charge >= 0.3 is 5.97 Å². The lowest BCUT2D eigenvalue weighted by Gasteiger charge is -2.21. The third kappa shape index (κ3) is 0.814. The molecule has 56 valence electrons. The van der Waals surface area contributed by atoms with E-state index in [9.17, 15) is 4.79 Å². The normalized spacial score (nSPS) is 39.0. The highest BCUT2D eigenvalue weighted by atomic mass is 16.5. The maximum Gasteiger partial charge on any atom is 0.310 e.